The Labute approximate surface area is 166 Å². The molecular formula is C19H20ClN3O3S. The minimum absolute atomic E-state index is 0.00135. The van der Waals surface area contributed by atoms with E-state index in [0.29, 0.717) is 17.3 Å². The maximum absolute atomic E-state index is 13.0. The summed E-state index contributed by atoms with van der Waals surface area (Å²) in [6.07, 6.45) is 0.823. The predicted molar refractivity (Wildman–Crippen MR) is 105 cm³/mol. The third-order valence-electron chi connectivity index (χ3n) is 4.52. The third kappa shape index (κ3) is 3.60. The van der Waals surface area contributed by atoms with Gasteiger partial charge in [-0.15, -0.1) is 11.3 Å². The molecule has 0 radical (unpaired) electrons. The lowest BCUT2D eigenvalue weighted by Crippen LogP contribution is -2.31. The molecular weight excluding hydrogens is 386 g/mol. The SMILES string of the molecule is CC(C)O[C@@H]1CN(C(=O)c2csc3nc(-c4cccc(Cl)c4)cn23)C[C@H]1O. The van der Waals surface area contributed by atoms with Crippen molar-refractivity contribution in [1.82, 2.24) is 14.3 Å². The van der Waals surface area contributed by atoms with Crippen molar-refractivity contribution in [3.63, 3.8) is 0 Å². The highest BCUT2D eigenvalue weighted by Gasteiger charge is 2.36. The van der Waals surface area contributed by atoms with Gasteiger partial charge in [0.25, 0.3) is 5.91 Å². The molecule has 4 rings (SSSR count). The van der Waals surface area contributed by atoms with E-state index in [1.165, 1.54) is 11.3 Å². The van der Waals surface area contributed by atoms with Crippen molar-refractivity contribution in [2.75, 3.05) is 13.1 Å². The van der Waals surface area contributed by atoms with Crippen LogP contribution >= 0.6 is 22.9 Å². The monoisotopic (exact) mass is 405 g/mol. The van der Waals surface area contributed by atoms with Gasteiger partial charge in [-0.1, -0.05) is 23.7 Å². The van der Waals surface area contributed by atoms with Crippen molar-refractivity contribution in [3.05, 3.63) is 46.6 Å². The van der Waals surface area contributed by atoms with Crippen LogP contribution in [0.2, 0.25) is 5.02 Å². The molecule has 142 valence electrons. The molecule has 1 aliphatic rings. The van der Waals surface area contributed by atoms with Gasteiger partial charge in [0.15, 0.2) is 4.96 Å². The van der Waals surface area contributed by atoms with E-state index in [-0.39, 0.29) is 24.7 Å². The minimum Gasteiger partial charge on any atom is -0.388 e. The van der Waals surface area contributed by atoms with Crippen LogP contribution in [0.15, 0.2) is 35.8 Å². The van der Waals surface area contributed by atoms with E-state index in [0.717, 1.165) is 16.2 Å². The van der Waals surface area contributed by atoms with Crippen LogP contribution in [0.5, 0.6) is 0 Å². The first-order valence-electron chi connectivity index (χ1n) is 8.77. The Bertz CT molecular complexity index is 984. The fraction of sp³-hybridized carbons (Fsp3) is 0.368. The van der Waals surface area contributed by atoms with Gasteiger partial charge in [0, 0.05) is 35.3 Å². The van der Waals surface area contributed by atoms with Gasteiger partial charge < -0.3 is 14.7 Å². The molecule has 2 atom stereocenters. The molecule has 3 aromatic rings. The Hall–Kier alpha value is -1.93. The van der Waals surface area contributed by atoms with Gasteiger partial charge in [-0.2, -0.15) is 0 Å². The van der Waals surface area contributed by atoms with Crippen molar-refractivity contribution < 1.29 is 14.6 Å². The summed E-state index contributed by atoms with van der Waals surface area (Å²) in [5.74, 6) is -0.134. The number of benzene rings is 1. The van der Waals surface area contributed by atoms with E-state index >= 15 is 0 Å². The van der Waals surface area contributed by atoms with E-state index < -0.39 is 6.10 Å². The molecule has 0 aliphatic carbocycles. The minimum atomic E-state index is -0.671. The first-order valence-corrected chi connectivity index (χ1v) is 10.0. The lowest BCUT2D eigenvalue weighted by Gasteiger charge is -2.18. The Morgan fingerprint density at radius 1 is 1.41 bits per heavy atom. The number of aliphatic hydroxyl groups excluding tert-OH is 1. The highest BCUT2D eigenvalue weighted by atomic mass is 35.5. The average molecular weight is 406 g/mol. The number of aromatic nitrogens is 2. The number of likely N-dealkylation sites (tertiary alicyclic amines) is 1. The van der Waals surface area contributed by atoms with Crippen LogP contribution < -0.4 is 0 Å². The van der Waals surface area contributed by atoms with E-state index in [2.05, 4.69) is 4.98 Å². The standard InChI is InChI=1S/C19H20ClN3O3S/c1-11(2)26-17-9-22(8-16(17)24)18(25)15-10-27-19-21-14(7-23(15)19)12-4-3-5-13(20)6-12/h3-7,10-11,16-17,24H,8-9H2,1-2H3/t16-,17-/m1/s1. The number of fused-ring (bicyclic) bond motifs is 1. The largest absolute Gasteiger partial charge is 0.388 e. The number of carbonyl (C=O) groups is 1. The second kappa shape index (κ2) is 7.24. The molecule has 1 N–H and O–H groups in total. The fourth-order valence-electron chi connectivity index (χ4n) is 3.29. The number of thiazole rings is 1. The van der Waals surface area contributed by atoms with Gasteiger partial charge in [-0.05, 0) is 26.0 Å². The molecule has 1 aliphatic heterocycles. The molecule has 0 saturated carbocycles. The van der Waals surface area contributed by atoms with Gasteiger partial charge in [0.1, 0.15) is 11.8 Å². The van der Waals surface area contributed by atoms with Crippen LogP contribution in [0.1, 0.15) is 24.3 Å². The smallest absolute Gasteiger partial charge is 0.271 e. The summed E-state index contributed by atoms with van der Waals surface area (Å²) in [5, 5.41) is 12.6. The number of imidazole rings is 1. The van der Waals surface area contributed by atoms with Gasteiger partial charge in [0.2, 0.25) is 0 Å². The highest BCUT2D eigenvalue weighted by molar-refractivity contribution is 7.15. The molecule has 1 aromatic carbocycles. The Balaban J connectivity index is 1.60. The van der Waals surface area contributed by atoms with Crippen molar-refractivity contribution in [3.8, 4) is 11.3 Å². The Kier molecular flexibility index (Phi) is 4.94. The second-order valence-corrected chi connectivity index (χ2v) is 8.18. The summed E-state index contributed by atoms with van der Waals surface area (Å²) in [4.78, 5) is 20.0. The van der Waals surface area contributed by atoms with Crippen LogP contribution in [0.3, 0.4) is 0 Å². The molecule has 1 fully saturated rings. The fourth-order valence-corrected chi connectivity index (χ4v) is 4.33. The van der Waals surface area contributed by atoms with Crippen molar-refractivity contribution in [2.45, 2.75) is 32.2 Å². The second-order valence-electron chi connectivity index (χ2n) is 6.91. The summed E-state index contributed by atoms with van der Waals surface area (Å²) in [6, 6.07) is 7.47. The number of nitrogens with zero attached hydrogens (tertiary/aromatic N) is 3. The van der Waals surface area contributed by atoms with Gasteiger partial charge in [0.05, 0.1) is 17.9 Å². The molecule has 0 unspecified atom stereocenters. The Morgan fingerprint density at radius 2 is 2.22 bits per heavy atom. The number of β-amino-alcohol motifs (C(OH)–C–C–N with tert-alkyl or cyclic N) is 1. The highest BCUT2D eigenvalue weighted by Crippen LogP contribution is 2.27. The number of amides is 1. The molecule has 27 heavy (non-hydrogen) atoms. The molecule has 8 heteroatoms. The summed E-state index contributed by atoms with van der Waals surface area (Å²) < 4.78 is 7.51. The van der Waals surface area contributed by atoms with Crippen molar-refractivity contribution in [1.29, 1.82) is 0 Å². The molecule has 6 nitrogen and oxygen atoms in total. The summed E-state index contributed by atoms with van der Waals surface area (Å²) >= 11 is 7.48. The van der Waals surface area contributed by atoms with Crippen LogP contribution in [0.4, 0.5) is 0 Å². The molecule has 3 heterocycles. The van der Waals surface area contributed by atoms with Crippen molar-refractivity contribution in [2.24, 2.45) is 0 Å². The number of halogens is 1. The first kappa shape index (κ1) is 18.4. The van der Waals surface area contributed by atoms with E-state index in [4.69, 9.17) is 16.3 Å². The number of hydrogen-bond donors (Lipinski definition) is 1. The maximum atomic E-state index is 13.0. The number of aliphatic hydroxyl groups is 1. The van der Waals surface area contributed by atoms with E-state index in [1.54, 1.807) is 14.7 Å². The summed E-state index contributed by atoms with van der Waals surface area (Å²) in [7, 11) is 0. The number of carbonyl (C=O) groups excluding carboxylic acids is 1. The number of rotatable bonds is 4. The lowest BCUT2D eigenvalue weighted by atomic mass is 10.2. The maximum Gasteiger partial charge on any atom is 0.271 e. The van der Waals surface area contributed by atoms with Crippen molar-refractivity contribution >= 4 is 33.8 Å². The normalized spacial score (nSPS) is 20.1. The quantitative estimate of drug-likeness (QED) is 0.723. The van der Waals surface area contributed by atoms with Gasteiger partial charge in [-0.3, -0.25) is 9.20 Å². The average Bonchev–Trinajstić information content (AvgIpc) is 3.28. The molecule has 0 bridgehead atoms. The topological polar surface area (TPSA) is 67.1 Å². The van der Waals surface area contributed by atoms with E-state index in [1.807, 2.05) is 44.3 Å². The summed E-state index contributed by atoms with van der Waals surface area (Å²) in [5.41, 5.74) is 2.20. The lowest BCUT2D eigenvalue weighted by molar-refractivity contribution is -0.0394. The van der Waals surface area contributed by atoms with Gasteiger partial charge >= 0.3 is 0 Å². The van der Waals surface area contributed by atoms with Crippen LogP contribution in [0.25, 0.3) is 16.2 Å². The van der Waals surface area contributed by atoms with E-state index in [9.17, 15) is 9.90 Å². The zero-order chi connectivity index (χ0) is 19.1. The van der Waals surface area contributed by atoms with Crippen LogP contribution in [-0.2, 0) is 4.74 Å². The van der Waals surface area contributed by atoms with Gasteiger partial charge in [-0.25, -0.2) is 4.98 Å². The zero-order valence-electron chi connectivity index (χ0n) is 15.0. The van der Waals surface area contributed by atoms with Crippen LogP contribution in [0, 0.1) is 0 Å². The molecule has 1 amide bonds. The number of ether oxygens (including phenoxy) is 1. The van der Waals surface area contributed by atoms with Crippen LogP contribution in [-0.4, -0.2) is 56.7 Å². The third-order valence-corrected chi connectivity index (χ3v) is 5.59. The summed E-state index contributed by atoms with van der Waals surface area (Å²) in [6.45, 7) is 4.49. The number of hydrogen-bond acceptors (Lipinski definition) is 5. The molecule has 2 aromatic heterocycles. The predicted octanol–water partition coefficient (Wildman–Crippen LogP) is 3.33. The first-order chi connectivity index (χ1) is 12.9. The molecule has 0 spiro atoms. The zero-order valence-corrected chi connectivity index (χ0v) is 16.6. The molecule has 1 saturated heterocycles. The Morgan fingerprint density at radius 3 is 2.96 bits per heavy atom.